The monoisotopic (exact) mass is 345 g/mol. The minimum Gasteiger partial charge on any atom is -0.349 e. The number of rotatable bonds is 3. The van der Waals surface area contributed by atoms with Gasteiger partial charge in [-0.15, -0.1) is 11.3 Å². The zero-order valence-corrected chi connectivity index (χ0v) is 14.0. The molecule has 0 aromatic carbocycles. The molecule has 0 saturated carbocycles. The van der Waals surface area contributed by atoms with Crippen LogP contribution in [0.2, 0.25) is 4.34 Å². The molecule has 118 valence electrons. The van der Waals surface area contributed by atoms with Crippen LogP contribution >= 0.6 is 22.9 Å². The molecule has 3 aromatic rings. The van der Waals surface area contributed by atoms with Gasteiger partial charge >= 0.3 is 0 Å². The molecule has 0 spiro atoms. The fourth-order valence-electron chi connectivity index (χ4n) is 3.25. The van der Waals surface area contributed by atoms with Crippen molar-refractivity contribution < 1.29 is 4.79 Å². The molecule has 0 fully saturated rings. The van der Waals surface area contributed by atoms with Crippen LogP contribution in [0.4, 0.5) is 0 Å². The van der Waals surface area contributed by atoms with Gasteiger partial charge in [-0.3, -0.25) is 4.79 Å². The van der Waals surface area contributed by atoms with Crippen LogP contribution < -0.4 is 5.32 Å². The predicted octanol–water partition coefficient (Wildman–Crippen LogP) is 4.01. The summed E-state index contributed by atoms with van der Waals surface area (Å²) >= 11 is 7.76. The summed E-state index contributed by atoms with van der Waals surface area (Å²) in [5, 5.41) is 4.17. The number of amides is 1. The number of carbonyl (C=O) groups is 1. The summed E-state index contributed by atoms with van der Waals surface area (Å²) in [6.07, 6.45) is 7.09. The molecular formula is C17H16ClN3OS. The molecule has 4 nitrogen and oxygen atoms in total. The summed E-state index contributed by atoms with van der Waals surface area (Å²) in [6, 6.07) is 5.96. The van der Waals surface area contributed by atoms with Gasteiger partial charge < -0.3 is 10.3 Å². The fourth-order valence-corrected chi connectivity index (χ4v) is 4.63. The molecule has 0 aliphatic heterocycles. The third-order valence-electron chi connectivity index (χ3n) is 4.31. The van der Waals surface area contributed by atoms with Crippen LogP contribution in [0, 0.1) is 0 Å². The van der Waals surface area contributed by atoms with Crippen molar-refractivity contribution in [3.05, 3.63) is 50.9 Å². The topological polar surface area (TPSA) is 57.8 Å². The van der Waals surface area contributed by atoms with E-state index in [0.29, 0.717) is 6.42 Å². The number of hydrogen-bond donors (Lipinski definition) is 2. The number of fused-ring (bicyclic) bond motifs is 2. The maximum atomic E-state index is 12.5. The zero-order valence-electron chi connectivity index (χ0n) is 12.4. The van der Waals surface area contributed by atoms with E-state index in [1.165, 1.54) is 10.4 Å². The van der Waals surface area contributed by atoms with E-state index in [4.69, 9.17) is 11.6 Å². The van der Waals surface area contributed by atoms with Crippen LogP contribution in [0.3, 0.4) is 0 Å². The predicted molar refractivity (Wildman–Crippen MR) is 92.9 cm³/mol. The summed E-state index contributed by atoms with van der Waals surface area (Å²) in [5.41, 5.74) is 2.99. The SMILES string of the molecule is O=C(Cc1c[nH]c2ncccc12)N[C@H]1CCCc2sc(Cl)cc21. The van der Waals surface area contributed by atoms with Crippen molar-refractivity contribution in [3.63, 3.8) is 0 Å². The van der Waals surface area contributed by atoms with Gasteiger partial charge in [-0.2, -0.15) is 0 Å². The second kappa shape index (κ2) is 5.98. The minimum atomic E-state index is 0.0370. The number of aromatic nitrogens is 2. The second-order valence-electron chi connectivity index (χ2n) is 5.83. The van der Waals surface area contributed by atoms with E-state index >= 15 is 0 Å². The third-order valence-corrected chi connectivity index (χ3v) is 5.65. The van der Waals surface area contributed by atoms with Crippen molar-refractivity contribution in [1.82, 2.24) is 15.3 Å². The molecule has 4 rings (SSSR count). The van der Waals surface area contributed by atoms with E-state index in [1.54, 1.807) is 17.5 Å². The van der Waals surface area contributed by atoms with Crippen molar-refractivity contribution in [1.29, 1.82) is 0 Å². The number of halogens is 1. The molecule has 1 aliphatic rings. The first-order valence-corrected chi connectivity index (χ1v) is 8.88. The second-order valence-corrected chi connectivity index (χ2v) is 7.60. The Morgan fingerprint density at radius 2 is 2.43 bits per heavy atom. The summed E-state index contributed by atoms with van der Waals surface area (Å²) in [4.78, 5) is 21.1. The lowest BCUT2D eigenvalue weighted by Crippen LogP contribution is -2.31. The fraction of sp³-hybridized carbons (Fsp3) is 0.294. The maximum Gasteiger partial charge on any atom is 0.224 e. The van der Waals surface area contributed by atoms with E-state index in [-0.39, 0.29) is 11.9 Å². The molecule has 3 heterocycles. The lowest BCUT2D eigenvalue weighted by atomic mass is 9.94. The Morgan fingerprint density at radius 3 is 3.35 bits per heavy atom. The van der Waals surface area contributed by atoms with E-state index < -0.39 is 0 Å². The summed E-state index contributed by atoms with van der Waals surface area (Å²) in [5.74, 6) is 0.0370. The van der Waals surface area contributed by atoms with Crippen molar-refractivity contribution >= 4 is 39.9 Å². The Bertz CT molecular complexity index is 870. The molecule has 3 aromatic heterocycles. The highest BCUT2D eigenvalue weighted by Gasteiger charge is 2.24. The lowest BCUT2D eigenvalue weighted by molar-refractivity contribution is -0.121. The average molecular weight is 346 g/mol. The molecule has 0 radical (unpaired) electrons. The van der Waals surface area contributed by atoms with Gasteiger partial charge in [0.2, 0.25) is 5.91 Å². The van der Waals surface area contributed by atoms with Crippen LogP contribution in [0.1, 0.15) is 34.9 Å². The number of H-pyrrole nitrogens is 1. The minimum absolute atomic E-state index is 0.0370. The average Bonchev–Trinajstić information content (AvgIpc) is 3.11. The van der Waals surface area contributed by atoms with E-state index in [0.717, 1.165) is 40.2 Å². The van der Waals surface area contributed by atoms with Gasteiger partial charge in [0.1, 0.15) is 5.65 Å². The first-order valence-electron chi connectivity index (χ1n) is 7.69. The van der Waals surface area contributed by atoms with Gasteiger partial charge in [0.25, 0.3) is 0 Å². The summed E-state index contributed by atoms with van der Waals surface area (Å²) in [6.45, 7) is 0. The number of pyridine rings is 1. The van der Waals surface area contributed by atoms with Crippen molar-refractivity contribution in [2.24, 2.45) is 0 Å². The highest BCUT2D eigenvalue weighted by molar-refractivity contribution is 7.16. The highest BCUT2D eigenvalue weighted by Crippen LogP contribution is 2.37. The van der Waals surface area contributed by atoms with Gasteiger partial charge in [0.05, 0.1) is 16.8 Å². The van der Waals surface area contributed by atoms with Crippen molar-refractivity contribution in [2.45, 2.75) is 31.7 Å². The quantitative estimate of drug-likeness (QED) is 0.753. The molecule has 0 unspecified atom stereocenters. The van der Waals surface area contributed by atoms with Gasteiger partial charge in [-0.25, -0.2) is 4.98 Å². The number of aromatic amines is 1. The Hall–Kier alpha value is -1.85. The summed E-state index contributed by atoms with van der Waals surface area (Å²) < 4.78 is 0.804. The molecule has 1 atom stereocenters. The van der Waals surface area contributed by atoms with Gasteiger partial charge in [-0.05, 0) is 48.6 Å². The van der Waals surface area contributed by atoms with Crippen LogP contribution in [-0.4, -0.2) is 15.9 Å². The van der Waals surface area contributed by atoms with Gasteiger partial charge in [0, 0.05) is 22.7 Å². The molecule has 1 aliphatic carbocycles. The van der Waals surface area contributed by atoms with Gasteiger partial charge in [-0.1, -0.05) is 11.6 Å². The Balaban J connectivity index is 1.50. The highest BCUT2D eigenvalue weighted by atomic mass is 35.5. The largest absolute Gasteiger partial charge is 0.349 e. The van der Waals surface area contributed by atoms with E-state index in [9.17, 15) is 4.79 Å². The van der Waals surface area contributed by atoms with E-state index in [1.807, 2.05) is 24.4 Å². The zero-order chi connectivity index (χ0) is 15.8. The molecular weight excluding hydrogens is 330 g/mol. The van der Waals surface area contributed by atoms with Crippen molar-refractivity contribution in [2.75, 3.05) is 0 Å². The Kier molecular flexibility index (Phi) is 3.83. The molecule has 0 saturated heterocycles. The first-order chi connectivity index (χ1) is 11.2. The van der Waals surface area contributed by atoms with Gasteiger partial charge in [0.15, 0.2) is 0 Å². The van der Waals surface area contributed by atoms with Crippen LogP contribution in [0.25, 0.3) is 11.0 Å². The first kappa shape index (κ1) is 14.7. The Labute approximate surface area is 142 Å². The smallest absolute Gasteiger partial charge is 0.224 e. The molecule has 0 bridgehead atoms. The van der Waals surface area contributed by atoms with E-state index in [2.05, 4.69) is 15.3 Å². The molecule has 1 amide bonds. The number of hydrogen-bond acceptors (Lipinski definition) is 3. The normalized spacial score (nSPS) is 17.2. The number of aryl methyl sites for hydroxylation is 1. The van der Waals surface area contributed by atoms with Crippen LogP contribution in [0.15, 0.2) is 30.6 Å². The number of nitrogens with one attached hydrogen (secondary N) is 2. The molecule has 2 N–H and O–H groups in total. The van der Waals surface area contributed by atoms with Crippen LogP contribution in [-0.2, 0) is 17.6 Å². The molecule has 6 heteroatoms. The maximum absolute atomic E-state index is 12.5. The Morgan fingerprint density at radius 1 is 1.52 bits per heavy atom. The lowest BCUT2D eigenvalue weighted by Gasteiger charge is -2.23. The van der Waals surface area contributed by atoms with Crippen molar-refractivity contribution in [3.8, 4) is 0 Å². The third kappa shape index (κ3) is 2.86. The summed E-state index contributed by atoms with van der Waals surface area (Å²) in [7, 11) is 0. The number of thiophene rings is 1. The molecule has 23 heavy (non-hydrogen) atoms. The van der Waals surface area contributed by atoms with Crippen LogP contribution in [0.5, 0.6) is 0 Å². The number of nitrogens with zero attached hydrogens (tertiary/aromatic N) is 1. The number of carbonyl (C=O) groups excluding carboxylic acids is 1. The standard InChI is InChI=1S/C17H16ClN3OS/c18-15-8-12-13(4-1-5-14(12)23-15)21-16(22)7-10-9-20-17-11(10)3-2-6-19-17/h2-3,6,8-9,13H,1,4-5,7H2,(H,19,20)(H,21,22)/t13-/m0/s1.